The van der Waals surface area contributed by atoms with Gasteiger partial charge in [0.15, 0.2) is 0 Å². The topological polar surface area (TPSA) is 75.2 Å². The number of carboxylic acids is 1. The zero-order chi connectivity index (χ0) is 13.1. The second kappa shape index (κ2) is 5.10. The van der Waals surface area contributed by atoms with Gasteiger partial charge in [-0.2, -0.15) is 5.10 Å². The van der Waals surface area contributed by atoms with Gasteiger partial charge in [0.1, 0.15) is 5.75 Å². The lowest BCUT2D eigenvalue weighted by atomic mass is 10.0. The van der Waals surface area contributed by atoms with E-state index in [0.717, 1.165) is 5.56 Å². The standard InChI is InChI=1S/C12H11ClN2O3/c1-18-7-2-3-8(10(13)4-7)9-6-14-15-11(9)5-12(16)17/h2-4,6H,5H2,1H3,(H,14,15)(H,16,17). The zero-order valence-electron chi connectivity index (χ0n) is 9.61. The van der Waals surface area contributed by atoms with Gasteiger partial charge in [-0.1, -0.05) is 11.6 Å². The minimum atomic E-state index is -0.926. The van der Waals surface area contributed by atoms with Crippen molar-refractivity contribution in [2.24, 2.45) is 0 Å². The third-order valence-electron chi connectivity index (χ3n) is 2.51. The molecule has 1 aromatic carbocycles. The Morgan fingerprint density at radius 2 is 2.28 bits per heavy atom. The highest BCUT2D eigenvalue weighted by atomic mass is 35.5. The molecule has 0 aliphatic heterocycles. The van der Waals surface area contributed by atoms with Crippen molar-refractivity contribution in [3.63, 3.8) is 0 Å². The molecule has 0 amide bonds. The Balaban J connectivity index is 2.42. The van der Waals surface area contributed by atoms with E-state index in [0.29, 0.717) is 22.0 Å². The van der Waals surface area contributed by atoms with Crippen LogP contribution in [0.2, 0.25) is 5.02 Å². The number of methoxy groups -OCH3 is 1. The molecule has 0 aliphatic rings. The summed E-state index contributed by atoms with van der Waals surface area (Å²) in [6, 6.07) is 5.21. The highest BCUT2D eigenvalue weighted by Crippen LogP contribution is 2.32. The number of carbonyl (C=O) groups is 1. The minimum Gasteiger partial charge on any atom is -0.497 e. The Hall–Kier alpha value is -2.01. The molecule has 0 saturated carbocycles. The van der Waals surface area contributed by atoms with E-state index in [-0.39, 0.29) is 6.42 Å². The van der Waals surface area contributed by atoms with Crippen molar-refractivity contribution in [3.8, 4) is 16.9 Å². The third-order valence-corrected chi connectivity index (χ3v) is 2.83. The summed E-state index contributed by atoms with van der Waals surface area (Å²) in [7, 11) is 1.55. The third kappa shape index (κ3) is 2.46. The summed E-state index contributed by atoms with van der Waals surface area (Å²) in [5, 5.41) is 15.8. The number of benzene rings is 1. The summed E-state index contributed by atoms with van der Waals surface area (Å²) in [5.41, 5.74) is 1.93. The van der Waals surface area contributed by atoms with Crippen LogP contribution in [0.15, 0.2) is 24.4 Å². The van der Waals surface area contributed by atoms with Crippen LogP contribution in [0.3, 0.4) is 0 Å². The van der Waals surface area contributed by atoms with Crippen LogP contribution in [0.1, 0.15) is 5.69 Å². The van der Waals surface area contributed by atoms with Gasteiger partial charge >= 0.3 is 5.97 Å². The monoisotopic (exact) mass is 266 g/mol. The number of nitrogens with one attached hydrogen (secondary N) is 1. The number of H-pyrrole nitrogens is 1. The van der Waals surface area contributed by atoms with Gasteiger partial charge in [-0.3, -0.25) is 9.89 Å². The van der Waals surface area contributed by atoms with Crippen LogP contribution in [0.4, 0.5) is 0 Å². The number of hydrogen-bond acceptors (Lipinski definition) is 3. The molecule has 6 heteroatoms. The van der Waals surface area contributed by atoms with E-state index in [1.165, 1.54) is 0 Å². The average Bonchev–Trinajstić information content (AvgIpc) is 2.76. The lowest BCUT2D eigenvalue weighted by Gasteiger charge is -2.06. The molecule has 2 rings (SSSR count). The van der Waals surface area contributed by atoms with E-state index in [4.69, 9.17) is 21.4 Å². The van der Waals surface area contributed by atoms with Gasteiger partial charge in [-0.05, 0) is 18.2 Å². The summed E-state index contributed by atoms with van der Waals surface area (Å²) in [6.07, 6.45) is 1.43. The maximum Gasteiger partial charge on any atom is 0.309 e. The van der Waals surface area contributed by atoms with Crippen molar-refractivity contribution in [2.75, 3.05) is 7.11 Å². The van der Waals surface area contributed by atoms with Crippen molar-refractivity contribution in [1.82, 2.24) is 10.2 Å². The molecule has 0 aliphatic carbocycles. The fourth-order valence-electron chi connectivity index (χ4n) is 1.67. The molecular formula is C12H11ClN2O3. The number of aromatic nitrogens is 2. The fourth-order valence-corrected chi connectivity index (χ4v) is 1.94. The van der Waals surface area contributed by atoms with Crippen LogP contribution in [0.25, 0.3) is 11.1 Å². The highest BCUT2D eigenvalue weighted by molar-refractivity contribution is 6.33. The maximum atomic E-state index is 10.7. The molecule has 1 aromatic heterocycles. The molecule has 1 heterocycles. The van der Waals surface area contributed by atoms with Crippen molar-refractivity contribution in [3.05, 3.63) is 35.1 Å². The van der Waals surface area contributed by atoms with E-state index in [2.05, 4.69) is 10.2 Å². The molecule has 0 radical (unpaired) electrons. The first-order valence-electron chi connectivity index (χ1n) is 5.19. The second-order valence-electron chi connectivity index (χ2n) is 3.68. The molecule has 0 saturated heterocycles. The Morgan fingerprint density at radius 3 is 2.89 bits per heavy atom. The Kier molecular flexibility index (Phi) is 3.53. The molecule has 18 heavy (non-hydrogen) atoms. The Morgan fingerprint density at radius 1 is 1.50 bits per heavy atom. The highest BCUT2D eigenvalue weighted by Gasteiger charge is 2.13. The molecule has 0 atom stereocenters. The predicted octanol–water partition coefficient (Wildman–Crippen LogP) is 2.37. The summed E-state index contributed by atoms with van der Waals surface area (Å²) < 4.78 is 5.06. The van der Waals surface area contributed by atoms with Gasteiger partial charge in [0.2, 0.25) is 0 Å². The average molecular weight is 267 g/mol. The number of carboxylic acid groups (broad SMARTS) is 1. The normalized spacial score (nSPS) is 10.3. The van der Waals surface area contributed by atoms with Gasteiger partial charge in [0.25, 0.3) is 0 Å². The Labute approximate surface area is 108 Å². The van der Waals surface area contributed by atoms with Crippen molar-refractivity contribution in [2.45, 2.75) is 6.42 Å². The zero-order valence-corrected chi connectivity index (χ0v) is 10.4. The van der Waals surface area contributed by atoms with E-state index in [1.54, 1.807) is 31.5 Å². The first-order valence-corrected chi connectivity index (χ1v) is 5.57. The number of aromatic amines is 1. The van der Waals surface area contributed by atoms with Crippen LogP contribution in [-0.2, 0) is 11.2 Å². The van der Waals surface area contributed by atoms with Gasteiger partial charge in [-0.15, -0.1) is 0 Å². The lowest BCUT2D eigenvalue weighted by molar-refractivity contribution is -0.136. The maximum absolute atomic E-state index is 10.7. The molecule has 94 valence electrons. The van der Waals surface area contributed by atoms with E-state index >= 15 is 0 Å². The first-order chi connectivity index (χ1) is 8.61. The number of aliphatic carboxylic acids is 1. The van der Waals surface area contributed by atoms with E-state index in [1.807, 2.05) is 0 Å². The van der Waals surface area contributed by atoms with E-state index in [9.17, 15) is 4.79 Å². The molecule has 0 bridgehead atoms. The SMILES string of the molecule is COc1ccc(-c2cn[nH]c2CC(=O)O)c(Cl)c1. The largest absolute Gasteiger partial charge is 0.497 e. The number of ether oxygens (including phenoxy) is 1. The van der Waals surface area contributed by atoms with Crippen molar-refractivity contribution >= 4 is 17.6 Å². The van der Waals surface area contributed by atoms with Crippen LogP contribution < -0.4 is 4.74 Å². The molecule has 0 spiro atoms. The smallest absolute Gasteiger partial charge is 0.309 e. The fraction of sp³-hybridized carbons (Fsp3) is 0.167. The van der Waals surface area contributed by atoms with Crippen LogP contribution >= 0.6 is 11.6 Å². The van der Waals surface area contributed by atoms with Crippen LogP contribution in [-0.4, -0.2) is 28.4 Å². The first kappa shape index (κ1) is 12.4. The van der Waals surface area contributed by atoms with Crippen LogP contribution in [0.5, 0.6) is 5.75 Å². The van der Waals surface area contributed by atoms with Gasteiger partial charge < -0.3 is 9.84 Å². The molecule has 0 unspecified atom stereocenters. The molecule has 2 aromatic rings. The Bertz CT molecular complexity index is 580. The summed E-state index contributed by atoms with van der Waals surface area (Å²) in [4.78, 5) is 10.7. The molecule has 5 nitrogen and oxygen atoms in total. The number of nitrogens with zero attached hydrogens (tertiary/aromatic N) is 1. The summed E-state index contributed by atoms with van der Waals surface area (Å²) >= 11 is 6.14. The lowest BCUT2D eigenvalue weighted by Crippen LogP contribution is -2.01. The molecule has 2 N–H and O–H groups in total. The van der Waals surface area contributed by atoms with E-state index < -0.39 is 5.97 Å². The molecule has 0 fully saturated rings. The van der Waals surface area contributed by atoms with Gasteiger partial charge in [0.05, 0.1) is 30.4 Å². The van der Waals surface area contributed by atoms with Gasteiger partial charge in [-0.25, -0.2) is 0 Å². The number of halogens is 1. The summed E-state index contributed by atoms with van der Waals surface area (Å²) in [6.45, 7) is 0. The van der Waals surface area contributed by atoms with Crippen LogP contribution in [0, 0.1) is 0 Å². The summed E-state index contributed by atoms with van der Waals surface area (Å²) in [5.74, 6) is -0.280. The van der Waals surface area contributed by atoms with Gasteiger partial charge in [0, 0.05) is 11.1 Å². The minimum absolute atomic E-state index is 0.127. The van der Waals surface area contributed by atoms with Crippen molar-refractivity contribution in [1.29, 1.82) is 0 Å². The molecular weight excluding hydrogens is 256 g/mol. The predicted molar refractivity (Wildman–Crippen MR) is 66.9 cm³/mol. The second-order valence-corrected chi connectivity index (χ2v) is 4.09. The van der Waals surface area contributed by atoms with Crippen molar-refractivity contribution < 1.29 is 14.6 Å². The number of rotatable bonds is 4. The number of hydrogen-bond donors (Lipinski definition) is 2. The quantitative estimate of drug-likeness (QED) is 0.891.